The standard InChI is InChI=1S/C24H34N6O3S.Na.H/c1-3-29-12-6-9-19(16-29)30(20-14-25-28(2)15-20)34(32,33)27-24(31)26-23-21-10-4-7-17(21)13-18-8-5-11-22(18)23;;/h13-15,19H,3-12,16H2,1-2H3,(H2,26,27,31);;. The topological polar surface area (TPSA) is 99.6 Å². The Morgan fingerprint density at radius 2 is 1.83 bits per heavy atom. The Morgan fingerprint density at radius 1 is 1.14 bits per heavy atom. The molecule has 2 N–H and O–H groups in total. The van der Waals surface area contributed by atoms with Crippen LogP contribution in [0.2, 0.25) is 0 Å². The van der Waals surface area contributed by atoms with E-state index in [2.05, 4.69) is 33.0 Å². The van der Waals surface area contributed by atoms with Gasteiger partial charge in [-0.15, -0.1) is 0 Å². The summed E-state index contributed by atoms with van der Waals surface area (Å²) in [5, 5.41) is 7.13. The molecule has 0 saturated carbocycles. The van der Waals surface area contributed by atoms with Gasteiger partial charge in [-0.1, -0.05) is 13.0 Å². The molecule has 0 radical (unpaired) electrons. The molecule has 1 aromatic heterocycles. The average Bonchev–Trinajstić information content (AvgIpc) is 3.54. The predicted molar refractivity (Wildman–Crippen MR) is 140 cm³/mol. The van der Waals surface area contributed by atoms with E-state index >= 15 is 0 Å². The number of likely N-dealkylation sites (tertiary alicyclic amines) is 1. The number of carbonyl (C=O) groups is 1. The number of piperidine rings is 1. The summed E-state index contributed by atoms with van der Waals surface area (Å²) in [5.74, 6) is 0. The maximum absolute atomic E-state index is 13.6. The van der Waals surface area contributed by atoms with E-state index in [4.69, 9.17) is 0 Å². The molecule has 3 aliphatic rings. The number of nitrogens with zero attached hydrogens (tertiary/aromatic N) is 4. The van der Waals surface area contributed by atoms with E-state index in [0.717, 1.165) is 70.1 Å². The van der Waals surface area contributed by atoms with Gasteiger partial charge in [0.2, 0.25) is 0 Å². The number of likely N-dealkylation sites (N-methyl/N-ethyl adjacent to an activating group) is 1. The van der Waals surface area contributed by atoms with Gasteiger partial charge in [0.05, 0.1) is 17.9 Å². The average molecular weight is 511 g/mol. The van der Waals surface area contributed by atoms with Crippen LogP contribution < -0.4 is 14.3 Å². The Bertz CT molecular complexity index is 1170. The zero-order valence-corrected chi connectivity index (χ0v) is 20.8. The molecule has 11 heteroatoms. The molecule has 1 atom stereocenters. The Balaban J connectivity index is 0.00000289. The summed E-state index contributed by atoms with van der Waals surface area (Å²) >= 11 is 0. The number of nitrogens with one attached hydrogen (secondary N) is 2. The molecule has 1 aliphatic heterocycles. The van der Waals surface area contributed by atoms with Crippen molar-refractivity contribution >= 4 is 57.2 Å². The summed E-state index contributed by atoms with van der Waals surface area (Å²) in [4.78, 5) is 15.4. The van der Waals surface area contributed by atoms with E-state index in [1.165, 1.54) is 26.6 Å². The van der Waals surface area contributed by atoms with Crippen molar-refractivity contribution in [3.8, 4) is 0 Å². The van der Waals surface area contributed by atoms with Crippen LogP contribution in [-0.2, 0) is 42.9 Å². The van der Waals surface area contributed by atoms with Crippen LogP contribution in [0, 0.1) is 0 Å². The SMILES string of the molecule is CCN1CCCC(N(c2cnn(C)c2)S(=O)(=O)NC(=O)Nc2c3c(cc4c2CCC4)CCC3)C1.[NaH]. The molecule has 35 heavy (non-hydrogen) atoms. The van der Waals surface area contributed by atoms with E-state index in [0.29, 0.717) is 12.2 Å². The molecule has 2 aliphatic carbocycles. The molecule has 5 rings (SSSR count). The van der Waals surface area contributed by atoms with Crippen molar-refractivity contribution in [1.29, 1.82) is 0 Å². The Hall–Kier alpha value is -1.59. The van der Waals surface area contributed by atoms with Gasteiger partial charge in [0.15, 0.2) is 0 Å². The minimum atomic E-state index is -4.15. The van der Waals surface area contributed by atoms with Crippen LogP contribution in [0.4, 0.5) is 16.2 Å². The van der Waals surface area contributed by atoms with E-state index in [9.17, 15) is 13.2 Å². The Morgan fingerprint density at radius 3 is 2.43 bits per heavy atom. The molecular weight excluding hydrogens is 475 g/mol. The molecule has 9 nitrogen and oxygen atoms in total. The van der Waals surface area contributed by atoms with Crippen molar-refractivity contribution in [3.63, 3.8) is 0 Å². The molecule has 2 amide bonds. The number of aromatic nitrogens is 2. The van der Waals surface area contributed by atoms with Crippen LogP contribution >= 0.6 is 0 Å². The molecule has 0 bridgehead atoms. The molecule has 1 fully saturated rings. The van der Waals surface area contributed by atoms with E-state index in [-0.39, 0.29) is 35.6 Å². The number of benzene rings is 1. The van der Waals surface area contributed by atoms with Crippen LogP contribution in [0.3, 0.4) is 0 Å². The number of carbonyl (C=O) groups excluding carboxylic acids is 1. The third-order valence-electron chi connectivity index (χ3n) is 7.40. The van der Waals surface area contributed by atoms with Gasteiger partial charge in [-0.25, -0.2) is 13.8 Å². The van der Waals surface area contributed by atoms with Gasteiger partial charge in [-0.05, 0) is 86.7 Å². The van der Waals surface area contributed by atoms with Crippen LogP contribution in [0.15, 0.2) is 18.5 Å². The van der Waals surface area contributed by atoms with Crippen LogP contribution in [-0.4, -0.2) is 84.4 Å². The third kappa shape index (κ3) is 5.41. The van der Waals surface area contributed by atoms with Crippen molar-refractivity contribution in [2.45, 2.75) is 64.3 Å². The van der Waals surface area contributed by atoms with Gasteiger partial charge in [-0.2, -0.15) is 13.5 Å². The molecule has 2 heterocycles. The predicted octanol–water partition coefficient (Wildman–Crippen LogP) is 2.11. The number of amides is 2. The summed E-state index contributed by atoms with van der Waals surface area (Å²) in [7, 11) is -2.40. The number of urea groups is 1. The van der Waals surface area contributed by atoms with Gasteiger partial charge in [-0.3, -0.25) is 4.68 Å². The van der Waals surface area contributed by atoms with E-state index in [1.807, 2.05) is 0 Å². The summed E-state index contributed by atoms with van der Waals surface area (Å²) in [6.45, 7) is 4.50. The quantitative estimate of drug-likeness (QED) is 0.580. The maximum atomic E-state index is 13.6. The van der Waals surface area contributed by atoms with Gasteiger partial charge in [0.25, 0.3) is 0 Å². The molecule has 2 aromatic rings. The number of hydrogen-bond donors (Lipinski definition) is 2. The number of hydrogen-bond acceptors (Lipinski definition) is 5. The third-order valence-corrected chi connectivity index (χ3v) is 8.87. The Labute approximate surface area is 230 Å². The second-order valence-electron chi connectivity index (χ2n) is 9.65. The van der Waals surface area contributed by atoms with Crippen LogP contribution in [0.1, 0.15) is 54.9 Å². The van der Waals surface area contributed by atoms with Crippen molar-refractivity contribution in [1.82, 2.24) is 19.4 Å². The first-order valence-electron chi connectivity index (χ1n) is 12.4. The fraction of sp³-hybridized carbons (Fsp3) is 0.583. The summed E-state index contributed by atoms with van der Waals surface area (Å²) in [6.07, 6.45) is 10.9. The van der Waals surface area contributed by atoms with Gasteiger partial charge in [0.1, 0.15) is 0 Å². The monoisotopic (exact) mass is 510 g/mol. The Kier molecular flexibility index (Phi) is 8.17. The summed E-state index contributed by atoms with van der Waals surface area (Å²) < 4.78 is 32.4. The molecule has 1 unspecified atom stereocenters. The van der Waals surface area contributed by atoms with Gasteiger partial charge in [0, 0.05) is 25.5 Å². The molecule has 1 saturated heterocycles. The second kappa shape index (κ2) is 10.8. The normalized spacial score (nSPS) is 19.5. The first kappa shape index (κ1) is 26.5. The zero-order valence-electron chi connectivity index (χ0n) is 20.0. The fourth-order valence-electron chi connectivity index (χ4n) is 5.85. The zero-order chi connectivity index (χ0) is 23.9. The fourth-order valence-corrected chi connectivity index (χ4v) is 7.17. The summed E-state index contributed by atoms with van der Waals surface area (Å²) in [6, 6.07) is 1.32. The minimum absolute atomic E-state index is 0. The molecule has 0 spiro atoms. The first-order chi connectivity index (χ1) is 16.4. The van der Waals surface area contributed by atoms with Crippen molar-refractivity contribution < 1.29 is 13.2 Å². The van der Waals surface area contributed by atoms with Crippen molar-refractivity contribution in [2.24, 2.45) is 7.05 Å². The van der Waals surface area contributed by atoms with Gasteiger partial charge < -0.3 is 10.2 Å². The molecule has 186 valence electrons. The second-order valence-corrected chi connectivity index (χ2v) is 11.2. The van der Waals surface area contributed by atoms with Crippen LogP contribution in [0.25, 0.3) is 0 Å². The number of rotatable bonds is 6. The van der Waals surface area contributed by atoms with Crippen LogP contribution in [0.5, 0.6) is 0 Å². The first-order valence-corrected chi connectivity index (χ1v) is 13.8. The number of anilines is 2. The molecular formula is C24H35N6NaO3S. The molecule has 1 aromatic carbocycles. The summed E-state index contributed by atoms with van der Waals surface area (Å²) in [5.41, 5.74) is 6.21. The van der Waals surface area contributed by atoms with Crippen molar-refractivity contribution in [2.75, 3.05) is 29.3 Å². The van der Waals surface area contributed by atoms with Gasteiger partial charge >= 0.3 is 45.8 Å². The number of fused-ring (bicyclic) bond motifs is 2. The number of aryl methyl sites for hydroxylation is 3. The van der Waals surface area contributed by atoms with E-state index < -0.39 is 16.2 Å². The van der Waals surface area contributed by atoms with E-state index in [1.54, 1.807) is 24.1 Å². The van der Waals surface area contributed by atoms with Crippen molar-refractivity contribution in [3.05, 3.63) is 40.7 Å².